The number of methoxy groups -OCH3 is 1. The maximum atomic E-state index is 6.26. The number of rotatable bonds is 6. The molecule has 1 aromatic carbocycles. The second kappa shape index (κ2) is 6.84. The van der Waals surface area contributed by atoms with Gasteiger partial charge in [0.05, 0.1) is 7.11 Å². The van der Waals surface area contributed by atoms with Crippen LogP contribution in [0.15, 0.2) is 6.07 Å². The van der Waals surface area contributed by atoms with Gasteiger partial charge in [-0.3, -0.25) is 0 Å². The van der Waals surface area contributed by atoms with Crippen LogP contribution in [-0.4, -0.2) is 27.2 Å². The molecule has 0 saturated heterocycles. The zero-order valence-corrected chi connectivity index (χ0v) is 11.7. The van der Waals surface area contributed by atoms with Gasteiger partial charge in [-0.15, -0.1) is 0 Å². The minimum absolute atomic E-state index is 0.774. The fourth-order valence-corrected chi connectivity index (χ4v) is 1.96. The predicted octanol–water partition coefficient (Wildman–Crippen LogP) is 2.27. The molecule has 0 unspecified atom stereocenters. The molecule has 0 amide bonds. The maximum Gasteiger partial charge on any atom is 0.123 e. The summed E-state index contributed by atoms with van der Waals surface area (Å²) in [4.78, 5) is 0. The molecular formula is C13H21ClN2O. The fraction of sp³-hybridized carbons (Fsp3) is 0.538. The van der Waals surface area contributed by atoms with Crippen molar-refractivity contribution in [2.24, 2.45) is 0 Å². The van der Waals surface area contributed by atoms with E-state index in [1.54, 1.807) is 7.11 Å². The van der Waals surface area contributed by atoms with Crippen molar-refractivity contribution in [1.29, 1.82) is 0 Å². The molecular weight excluding hydrogens is 236 g/mol. The second-order valence-corrected chi connectivity index (χ2v) is 4.47. The normalized spacial score (nSPS) is 10.6. The number of halogens is 1. The Morgan fingerprint density at radius 1 is 1.29 bits per heavy atom. The van der Waals surface area contributed by atoms with Gasteiger partial charge in [0.1, 0.15) is 5.75 Å². The van der Waals surface area contributed by atoms with Crippen LogP contribution in [0, 0.1) is 13.8 Å². The first-order chi connectivity index (χ1) is 8.11. The monoisotopic (exact) mass is 256 g/mol. The first-order valence-electron chi connectivity index (χ1n) is 5.79. The van der Waals surface area contributed by atoms with E-state index >= 15 is 0 Å². The van der Waals surface area contributed by atoms with Gasteiger partial charge in [0.15, 0.2) is 0 Å². The molecule has 96 valence electrons. The molecule has 3 nitrogen and oxygen atoms in total. The summed E-state index contributed by atoms with van der Waals surface area (Å²) in [5.41, 5.74) is 3.29. The van der Waals surface area contributed by atoms with Crippen LogP contribution in [-0.2, 0) is 6.54 Å². The maximum absolute atomic E-state index is 6.26. The third-order valence-corrected chi connectivity index (χ3v) is 3.43. The lowest BCUT2D eigenvalue weighted by atomic mass is 10.0. The molecule has 0 spiro atoms. The van der Waals surface area contributed by atoms with Crippen LogP contribution in [0.5, 0.6) is 5.75 Å². The van der Waals surface area contributed by atoms with Crippen molar-refractivity contribution in [1.82, 2.24) is 10.6 Å². The molecule has 0 heterocycles. The molecule has 0 fully saturated rings. The van der Waals surface area contributed by atoms with Crippen molar-refractivity contribution in [3.63, 3.8) is 0 Å². The van der Waals surface area contributed by atoms with Crippen LogP contribution in [0.2, 0.25) is 5.02 Å². The number of likely N-dealkylation sites (N-methyl/N-ethyl adjacent to an activating group) is 1. The van der Waals surface area contributed by atoms with Crippen LogP contribution in [0.4, 0.5) is 0 Å². The van der Waals surface area contributed by atoms with Crippen LogP contribution in [0.1, 0.15) is 16.7 Å². The van der Waals surface area contributed by atoms with Crippen molar-refractivity contribution in [2.75, 3.05) is 27.2 Å². The van der Waals surface area contributed by atoms with Gasteiger partial charge in [-0.2, -0.15) is 0 Å². The lowest BCUT2D eigenvalue weighted by molar-refractivity contribution is 0.407. The third-order valence-electron chi connectivity index (χ3n) is 2.85. The van der Waals surface area contributed by atoms with Crippen LogP contribution in [0.25, 0.3) is 0 Å². The summed E-state index contributed by atoms with van der Waals surface area (Å²) in [5.74, 6) is 0.904. The van der Waals surface area contributed by atoms with E-state index in [0.717, 1.165) is 47.1 Å². The predicted molar refractivity (Wildman–Crippen MR) is 73.1 cm³/mol. The van der Waals surface area contributed by atoms with Crippen molar-refractivity contribution in [3.05, 3.63) is 27.8 Å². The van der Waals surface area contributed by atoms with E-state index in [-0.39, 0.29) is 0 Å². The van der Waals surface area contributed by atoms with E-state index in [1.807, 2.05) is 27.0 Å². The molecule has 2 N–H and O–H groups in total. The zero-order valence-electron chi connectivity index (χ0n) is 11.0. The number of aryl methyl sites for hydroxylation is 1. The Hall–Kier alpha value is -0.770. The van der Waals surface area contributed by atoms with Crippen molar-refractivity contribution in [3.8, 4) is 5.75 Å². The van der Waals surface area contributed by atoms with E-state index in [1.165, 1.54) is 0 Å². The van der Waals surface area contributed by atoms with Crippen LogP contribution in [0.3, 0.4) is 0 Å². The SMILES string of the molecule is CNCCNCc1c(OC)cc(C)c(Cl)c1C. The number of ether oxygens (including phenoxy) is 1. The van der Waals surface area contributed by atoms with Crippen molar-refractivity contribution < 1.29 is 4.74 Å². The topological polar surface area (TPSA) is 33.3 Å². The Kier molecular flexibility index (Phi) is 5.75. The quantitative estimate of drug-likeness (QED) is 0.767. The fourth-order valence-electron chi connectivity index (χ4n) is 1.79. The highest BCUT2D eigenvalue weighted by atomic mass is 35.5. The molecule has 0 aliphatic rings. The smallest absolute Gasteiger partial charge is 0.123 e. The largest absolute Gasteiger partial charge is 0.496 e. The standard InChI is InChI=1S/C13H21ClN2O/c1-9-7-12(17-4)11(10(2)13(9)14)8-16-6-5-15-3/h7,15-16H,5-6,8H2,1-4H3. The van der Waals surface area contributed by atoms with E-state index in [0.29, 0.717) is 0 Å². The van der Waals surface area contributed by atoms with Gasteiger partial charge in [-0.1, -0.05) is 11.6 Å². The molecule has 0 saturated carbocycles. The van der Waals surface area contributed by atoms with Gasteiger partial charge in [0.2, 0.25) is 0 Å². The molecule has 1 aromatic rings. The first-order valence-corrected chi connectivity index (χ1v) is 6.17. The lowest BCUT2D eigenvalue weighted by Gasteiger charge is -2.15. The number of hydrogen-bond donors (Lipinski definition) is 2. The lowest BCUT2D eigenvalue weighted by Crippen LogP contribution is -2.25. The highest BCUT2D eigenvalue weighted by Gasteiger charge is 2.11. The van der Waals surface area contributed by atoms with Gasteiger partial charge in [0, 0.05) is 30.2 Å². The summed E-state index contributed by atoms with van der Waals surface area (Å²) in [6.07, 6.45) is 0. The molecule has 17 heavy (non-hydrogen) atoms. The van der Waals surface area contributed by atoms with Gasteiger partial charge in [-0.25, -0.2) is 0 Å². The van der Waals surface area contributed by atoms with Crippen molar-refractivity contribution in [2.45, 2.75) is 20.4 Å². The van der Waals surface area contributed by atoms with E-state index in [2.05, 4.69) is 10.6 Å². The first kappa shape index (κ1) is 14.3. The summed E-state index contributed by atoms with van der Waals surface area (Å²) < 4.78 is 5.40. The van der Waals surface area contributed by atoms with Crippen molar-refractivity contribution >= 4 is 11.6 Å². The Balaban J connectivity index is 2.85. The highest BCUT2D eigenvalue weighted by molar-refractivity contribution is 6.32. The Morgan fingerprint density at radius 3 is 2.59 bits per heavy atom. The van der Waals surface area contributed by atoms with Gasteiger partial charge < -0.3 is 15.4 Å². The molecule has 0 aliphatic carbocycles. The zero-order chi connectivity index (χ0) is 12.8. The molecule has 0 aliphatic heterocycles. The average molecular weight is 257 g/mol. The van der Waals surface area contributed by atoms with Crippen LogP contribution < -0.4 is 15.4 Å². The van der Waals surface area contributed by atoms with Gasteiger partial charge in [-0.05, 0) is 38.1 Å². The number of hydrogen-bond acceptors (Lipinski definition) is 3. The van der Waals surface area contributed by atoms with E-state index in [9.17, 15) is 0 Å². The summed E-state index contributed by atoms with van der Waals surface area (Å²) in [7, 11) is 3.63. The minimum Gasteiger partial charge on any atom is -0.496 e. The summed E-state index contributed by atoms with van der Waals surface area (Å²) in [5, 5.41) is 7.29. The van der Waals surface area contributed by atoms with Gasteiger partial charge in [0.25, 0.3) is 0 Å². The summed E-state index contributed by atoms with van der Waals surface area (Å²) >= 11 is 6.26. The molecule has 0 radical (unpaired) electrons. The molecule has 0 atom stereocenters. The number of nitrogens with one attached hydrogen (secondary N) is 2. The highest BCUT2D eigenvalue weighted by Crippen LogP contribution is 2.31. The number of benzene rings is 1. The van der Waals surface area contributed by atoms with Crippen LogP contribution >= 0.6 is 11.6 Å². The average Bonchev–Trinajstić information content (AvgIpc) is 2.33. The minimum atomic E-state index is 0.774. The summed E-state index contributed by atoms with van der Waals surface area (Å²) in [6.45, 7) is 6.67. The molecule has 0 bridgehead atoms. The second-order valence-electron chi connectivity index (χ2n) is 4.09. The summed E-state index contributed by atoms with van der Waals surface area (Å²) in [6, 6.07) is 1.99. The Labute approximate surface area is 109 Å². The van der Waals surface area contributed by atoms with E-state index < -0.39 is 0 Å². The Bertz CT molecular complexity index is 380. The molecule has 0 aromatic heterocycles. The van der Waals surface area contributed by atoms with E-state index in [4.69, 9.17) is 16.3 Å². The molecule has 1 rings (SSSR count). The third kappa shape index (κ3) is 3.60. The Morgan fingerprint density at radius 2 is 2.00 bits per heavy atom. The van der Waals surface area contributed by atoms with Gasteiger partial charge >= 0.3 is 0 Å². The molecule has 4 heteroatoms.